The lowest BCUT2D eigenvalue weighted by molar-refractivity contribution is 0.180. The van der Waals surface area contributed by atoms with Crippen LogP contribution in [0.5, 0.6) is 5.75 Å². The Morgan fingerprint density at radius 1 is 1.23 bits per heavy atom. The van der Waals surface area contributed by atoms with Gasteiger partial charge in [0.25, 0.3) is 0 Å². The summed E-state index contributed by atoms with van der Waals surface area (Å²) in [7, 11) is 0. The molecule has 0 heterocycles. The lowest BCUT2D eigenvalue weighted by Crippen LogP contribution is -2.19. The van der Waals surface area contributed by atoms with Gasteiger partial charge in [-0.25, -0.2) is 0 Å². The number of thiol groups is 1. The summed E-state index contributed by atoms with van der Waals surface area (Å²) < 4.78 is 5.63. The smallest absolute Gasteiger partial charge is 0.119 e. The molecule has 0 saturated heterocycles. The van der Waals surface area contributed by atoms with Crippen LogP contribution >= 0.6 is 12.6 Å². The Hall–Kier alpha value is -0.630. The van der Waals surface area contributed by atoms with Crippen molar-refractivity contribution in [3.05, 3.63) is 24.3 Å². The van der Waals surface area contributed by atoms with Gasteiger partial charge in [0.05, 0.1) is 6.61 Å². The fourth-order valence-electron chi connectivity index (χ4n) is 1.42. The van der Waals surface area contributed by atoms with Crippen molar-refractivity contribution in [3.8, 4) is 5.75 Å². The molecule has 1 saturated carbocycles. The molecule has 1 aromatic rings. The number of ether oxygens (including phenoxy) is 1. The first kappa shape index (κ1) is 8.95. The minimum absolute atomic E-state index is 0.802. The molecular weight excluding hydrogens is 180 g/mol. The predicted octanol–water partition coefficient (Wildman–Crippen LogP) is 3.15. The average Bonchev–Trinajstić information content (AvgIpc) is 2.05. The quantitative estimate of drug-likeness (QED) is 0.727. The molecule has 0 spiro atoms. The van der Waals surface area contributed by atoms with E-state index in [2.05, 4.69) is 12.6 Å². The first-order valence-electron chi connectivity index (χ1n) is 4.76. The Labute approximate surface area is 84.5 Å². The highest BCUT2D eigenvalue weighted by molar-refractivity contribution is 7.80. The molecule has 70 valence electrons. The fraction of sp³-hybridized carbons (Fsp3) is 0.455. The molecule has 0 aliphatic heterocycles. The van der Waals surface area contributed by atoms with Crippen LogP contribution in [0, 0.1) is 5.92 Å². The van der Waals surface area contributed by atoms with Crippen molar-refractivity contribution in [2.45, 2.75) is 24.2 Å². The third-order valence-electron chi connectivity index (χ3n) is 2.55. The Morgan fingerprint density at radius 3 is 2.46 bits per heavy atom. The van der Waals surface area contributed by atoms with Crippen LogP contribution in [0.2, 0.25) is 0 Å². The van der Waals surface area contributed by atoms with Gasteiger partial charge in [-0.2, -0.15) is 0 Å². The monoisotopic (exact) mass is 194 g/mol. The molecule has 0 bridgehead atoms. The van der Waals surface area contributed by atoms with Crippen LogP contribution in [0.25, 0.3) is 0 Å². The van der Waals surface area contributed by atoms with Gasteiger partial charge in [-0.15, -0.1) is 12.6 Å². The van der Waals surface area contributed by atoms with Crippen molar-refractivity contribution in [3.63, 3.8) is 0 Å². The standard InChI is InChI=1S/C11H14OS/c13-11-6-4-10(5-7-11)12-8-9-2-1-3-9/h4-7,9,13H,1-3,8H2. The van der Waals surface area contributed by atoms with E-state index in [1.165, 1.54) is 19.3 Å². The van der Waals surface area contributed by atoms with Crippen LogP contribution in [-0.2, 0) is 0 Å². The van der Waals surface area contributed by atoms with Crippen LogP contribution in [0.3, 0.4) is 0 Å². The molecular formula is C11H14OS. The second-order valence-corrected chi connectivity index (χ2v) is 4.12. The first-order chi connectivity index (χ1) is 6.34. The summed E-state index contributed by atoms with van der Waals surface area (Å²) in [5.41, 5.74) is 0. The summed E-state index contributed by atoms with van der Waals surface area (Å²) in [6, 6.07) is 7.86. The average molecular weight is 194 g/mol. The third kappa shape index (κ3) is 2.41. The van der Waals surface area contributed by atoms with Crippen LogP contribution in [-0.4, -0.2) is 6.61 Å². The lowest BCUT2D eigenvalue weighted by Gasteiger charge is -2.25. The number of hydrogen-bond donors (Lipinski definition) is 1. The minimum Gasteiger partial charge on any atom is -0.493 e. The summed E-state index contributed by atoms with van der Waals surface area (Å²) in [5, 5.41) is 0. The van der Waals surface area contributed by atoms with Gasteiger partial charge in [-0.05, 0) is 43.0 Å². The summed E-state index contributed by atoms with van der Waals surface area (Å²) in [5.74, 6) is 1.76. The highest BCUT2D eigenvalue weighted by Crippen LogP contribution is 2.27. The zero-order valence-electron chi connectivity index (χ0n) is 7.57. The molecule has 2 rings (SSSR count). The van der Waals surface area contributed by atoms with Crippen molar-refractivity contribution in [1.82, 2.24) is 0 Å². The van der Waals surface area contributed by atoms with Gasteiger partial charge in [0.2, 0.25) is 0 Å². The van der Waals surface area contributed by atoms with Gasteiger partial charge in [0.1, 0.15) is 5.75 Å². The second kappa shape index (κ2) is 4.05. The van der Waals surface area contributed by atoms with Crippen molar-refractivity contribution in [1.29, 1.82) is 0 Å². The van der Waals surface area contributed by atoms with E-state index in [-0.39, 0.29) is 0 Å². The summed E-state index contributed by atoms with van der Waals surface area (Å²) in [6.45, 7) is 0.881. The Bertz CT molecular complexity index is 264. The number of rotatable bonds is 3. The second-order valence-electron chi connectivity index (χ2n) is 3.60. The molecule has 0 N–H and O–H groups in total. The van der Waals surface area contributed by atoms with Crippen LogP contribution in [0.1, 0.15) is 19.3 Å². The maximum absolute atomic E-state index is 5.63. The highest BCUT2D eigenvalue weighted by Gasteiger charge is 2.17. The summed E-state index contributed by atoms with van der Waals surface area (Å²) >= 11 is 4.21. The van der Waals surface area contributed by atoms with Gasteiger partial charge in [0.15, 0.2) is 0 Å². The van der Waals surface area contributed by atoms with Crippen LogP contribution < -0.4 is 4.74 Å². The van der Waals surface area contributed by atoms with Gasteiger partial charge in [-0.3, -0.25) is 0 Å². The van der Waals surface area contributed by atoms with E-state index < -0.39 is 0 Å². The number of hydrogen-bond acceptors (Lipinski definition) is 2. The molecule has 1 nitrogen and oxygen atoms in total. The number of benzene rings is 1. The summed E-state index contributed by atoms with van der Waals surface area (Å²) in [6.07, 6.45) is 4.05. The van der Waals surface area contributed by atoms with Crippen molar-refractivity contribution in [2.75, 3.05) is 6.61 Å². The zero-order valence-corrected chi connectivity index (χ0v) is 8.47. The van der Waals surface area contributed by atoms with E-state index in [0.29, 0.717) is 0 Å². The SMILES string of the molecule is Sc1ccc(OCC2CCC2)cc1. The Balaban J connectivity index is 1.83. The van der Waals surface area contributed by atoms with E-state index >= 15 is 0 Å². The van der Waals surface area contributed by atoms with E-state index in [1.807, 2.05) is 24.3 Å². The fourth-order valence-corrected chi connectivity index (χ4v) is 1.56. The van der Waals surface area contributed by atoms with Gasteiger partial charge < -0.3 is 4.74 Å². The molecule has 0 radical (unpaired) electrons. The first-order valence-corrected chi connectivity index (χ1v) is 5.21. The van der Waals surface area contributed by atoms with Crippen molar-refractivity contribution < 1.29 is 4.74 Å². The summed E-state index contributed by atoms with van der Waals surface area (Å²) in [4.78, 5) is 0.982. The molecule has 0 unspecified atom stereocenters. The van der Waals surface area contributed by atoms with E-state index in [9.17, 15) is 0 Å². The maximum atomic E-state index is 5.63. The zero-order chi connectivity index (χ0) is 9.10. The minimum atomic E-state index is 0.802. The van der Waals surface area contributed by atoms with Crippen molar-refractivity contribution in [2.24, 2.45) is 5.92 Å². The molecule has 1 aliphatic rings. The van der Waals surface area contributed by atoms with Gasteiger partial charge in [-0.1, -0.05) is 6.42 Å². The van der Waals surface area contributed by atoms with Gasteiger partial charge >= 0.3 is 0 Å². The topological polar surface area (TPSA) is 9.23 Å². The molecule has 13 heavy (non-hydrogen) atoms. The van der Waals surface area contributed by atoms with Crippen LogP contribution in [0.4, 0.5) is 0 Å². The predicted molar refractivity (Wildman–Crippen MR) is 56.5 cm³/mol. The Morgan fingerprint density at radius 2 is 1.92 bits per heavy atom. The molecule has 0 atom stereocenters. The van der Waals surface area contributed by atoms with Gasteiger partial charge in [0, 0.05) is 4.90 Å². The molecule has 0 aromatic heterocycles. The van der Waals surface area contributed by atoms with E-state index in [4.69, 9.17) is 4.74 Å². The van der Waals surface area contributed by atoms with E-state index in [1.54, 1.807) is 0 Å². The molecule has 1 aromatic carbocycles. The normalized spacial score (nSPS) is 16.7. The van der Waals surface area contributed by atoms with Crippen molar-refractivity contribution >= 4 is 12.6 Å². The van der Waals surface area contributed by atoms with E-state index in [0.717, 1.165) is 23.2 Å². The molecule has 2 heteroatoms. The Kier molecular flexibility index (Phi) is 2.79. The highest BCUT2D eigenvalue weighted by atomic mass is 32.1. The lowest BCUT2D eigenvalue weighted by atomic mass is 9.86. The van der Waals surface area contributed by atoms with Crippen LogP contribution in [0.15, 0.2) is 29.2 Å². The molecule has 1 fully saturated rings. The third-order valence-corrected chi connectivity index (χ3v) is 2.85. The molecule has 0 amide bonds. The largest absolute Gasteiger partial charge is 0.493 e. The maximum Gasteiger partial charge on any atom is 0.119 e. The molecule has 1 aliphatic carbocycles.